The first-order valence-corrected chi connectivity index (χ1v) is 11.9. The van der Waals surface area contributed by atoms with Crippen LogP contribution in [-0.4, -0.2) is 65.4 Å². The molecular formula is C24H28N4O2S. The number of carbonyl (C=O) groups is 2. The van der Waals surface area contributed by atoms with Crippen LogP contribution in [0.5, 0.6) is 0 Å². The van der Waals surface area contributed by atoms with E-state index in [0.29, 0.717) is 22.1 Å². The molecule has 0 radical (unpaired) electrons. The average molecular weight is 437 g/mol. The molecule has 2 aromatic rings. The van der Waals surface area contributed by atoms with Crippen LogP contribution in [0.25, 0.3) is 0 Å². The van der Waals surface area contributed by atoms with Gasteiger partial charge in [0.25, 0.3) is 11.8 Å². The van der Waals surface area contributed by atoms with Crippen molar-refractivity contribution in [1.29, 1.82) is 0 Å². The Labute approximate surface area is 187 Å². The summed E-state index contributed by atoms with van der Waals surface area (Å²) < 4.78 is 0. The number of carbonyl (C=O) groups excluding carboxylic acids is 2. The largest absolute Gasteiger partial charge is 0.336 e. The van der Waals surface area contributed by atoms with Crippen LogP contribution in [0.15, 0.2) is 46.5 Å². The predicted octanol–water partition coefficient (Wildman–Crippen LogP) is 3.77. The van der Waals surface area contributed by atoms with Crippen LogP contribution in [0.3, 0.4) is 0 Å². The molecule has 7 heteroatoms. The van der Waals surface area contributed by atoms with Gasteiger partial charge in [-0.05, 0) is 49.1 Å². The van der Waals surface area contributed by atoms with Crippen LogP contribution < -0.4 is 4.90 Å². The maximum atomic E-state index is 13.2. The third kappa shape index (κ3) is 4.08. The number of anilines is 1. The number of hydrogen-bond donors (Lipinski definition) is 0. The number of nitrogens with zero attached hydrogens (tertiary/aromatic N) is 4. The van der Waals surface area contributed by atoms with Crippen molar-refractivity contribution in [2.75, 3.05) is 37.6 Å². The first-order chi connectivity index (χ1) is 15.0. The minimum atomic E-state index is 0.0113. The summed E-state index contributed by atoms with van der Waals surface area (Å²) in [7, 11) is 0. The van der Waals surface area contributed by atoms with Gasteiger partial charge in [-0.1, -0.05) is 25.6 Å². The van der Waals surface area contributed by atoms with E-state index in [-0.39, 0.29) is 17.9 Å². The van der Waals surface area contributed by atoms with E-state index >= 15 is 0 Å². The van der Waals surface area contributed by atoms with Crippen LogP contribution in [0, 0.1) is 5.92 Å². The lowest BCUT2D eigenvalue weighted by atomic mass is 10.1. The van der Waals surface area contributed by atoms with E-state index in [4.69, 9.17) is 0 Å². The number of fused-ring (bicyclic) bond motifs is 2. The molecule has 6 nitrogen and oxygen atoms in total. The second kappa shape index (κ2) is 8.28. The summed E-state index contributed by atoms with van der Waals surface area (Å²) in [6.07, 6.45) is 3.76. The molecular weight excluding hydrogens is 408 g/mol. The van der Waals surface area contributed by atoms with Gasteiger partial charge in [0.1, 0.15) is 5.03 Å². The van der Waals surface area contributed by atoms with Crippen molar-refractivity contribution in [1.82, 2.24) is 14.8 Å². The fourth-order valence-electron chi connectivity index (χ4n) is 4.43. The molecule has 0 atom stereocenters. The molecule has 0 N–H and O–H groups in total. The standard InChI is InChI=1S/C24H28N4O2S/c1-16(2)15-26-10-12-27(13-11-26)23(29)17-5-8-20-21(14-17)31-22-19(4-3-9-25-22)24(30)28(20)18-6-7-18/h3-5,8-9,14,16,18H,6-7,10-13,15H2,1-2H3. The molecule has 1 aromatic heterocycles. The highest BCUT2D eigenvalue weighted by Gasteiger charge is 2.38. The van der Waals surface area contributed by atoms with Crippen molar-refractivity contribution in [3.05, 3.63) is 47.7 Å². The summed E-state index contributed by atoms with van der Waals surface area (Å²) in [5, 5.41) is 0.712. The Hall–Kier alpha value is -2.38. The SMILES string of the molecule is CC(C)CN1CCN(C(=O)c2ccc3c(c2)Sc2ncccc2C(=O)N3C2CC2)CC1. The molecule has 2 aliphatic heterocycles. The van der Waals surface area contributed by atoms with E-state index in [2.05, 4.69) is 23.7 Å². The molecule has 1 saturated heterocycles. The molecule has 0 spiro atoms. The predicted molar refractivity (Wildman–Crippen MR) is 122 cm³/mol. The van der Waals surface area contributed by atoms with E-state index < -0.39 is 0 Å². The van der Waals surface area contributed by atoms with Crippen molar-refractivity contribution in [2.45, 2.75) is 42.7 Å². The third-order valence-electron chi connectivity index (χ3n) is 6.09. The van der Waals surface area contributed by atoms with E-state index in [0.717, 1.165) is 56.1 Å². The van der Waals surface area contributed by atoms with Crippen LogP contribution in [-0.2, 0) is 0 Å². The summed E-state index contributed by atoms with van der Waals surface area (Å²) >= 11 is 1.49. The molecule has 5 rings (SSSR count). The highest BCUT2D eigenvalue weighted by molar-refractivity contribution is 7.99. The lowest BCUT2D eigenvalue weighted by Crippen LogP contribution is -2.49. The van der Waals surface area contributed by atoms with Crippen molar-refractivity contribution in [3.8, 4) is 0 Å². The molecule has 3 heterocycles. The molecule has 1 aromatic carbocycles. The Morgan fingerprint density at radius 1 is 1.16 bits per heavy atom. The number of piperazine rings is 1. The highest BCUT2D eigenvalue weighted by atomic mass is 32.2. The average Bonchev–Trinajstić information content (AvgIpc) is 3.60. The quantitative estimate of drug-likeness (QED) is 0.730. The zero-order valence-corrected chi connectivity index (χ0v) is 18.9. The first-order valence-electron chi connectivity index (χ1n) is 11.1. The van der Waals surface area contributed by atoms with Gasteiger partial charge in [0.15, 0.2) is 0 Å². The van der Waals surface area contributed by atoms with E-state index in [1.165, 1.54) is 11.8 Å². The Morgan fingerprint density at radius 2 is 1.94 bits per heavy atom. The Kier molecular flexibility index (Phi) is 5.48. The topological polar surface area (TPSA) is 56.8 Å². The van der Waals surface area contributed by atoms with Crippen molar-refractivity contribution in [2.24, 2.45) is 5.92 Å². The second-order valence-electron chi connectivity index (χ2n) is 9.03. The molecule has 3 aliphatic rings. The van der Waals surface area contributed by atoms with Crippen LogP contribution in [0.4, 0.5) is 5.69 Å². The van der Waals surface area contributed by atoms with Gasteiger partial charge < -0.3 is 9.80 Å². The van der Waals surface area contributed by atoms with Crippen molar-refractivity contribution in [3.63, 3.8) is 0 Å². The van der Waals surface area contributed by atoms with Crippen LogP contribution in [0.2, 0.25) is 0 Å². The zero-order valence-electron chi connectivity index (χ0n) is 18.1. The van der Waals surface area contributed by atoms with Gasteiger partial charge in [-0.2, -0.15) is 0 Å². The third-order valence-corrected chi connectivity index (χ3v) is 7.15. The monoisotopic (exact) mass is 436 g/mol. The summed E-state index contributed by atoms with van der Waals surface area (Å²) in [5.74, 6) is 0.719. The van der Waals surface area contributed by atoms with Crippen LogP contribution >= 0.6 is 11.8 Å². The maximum Gasteiger partial charge on any atom is 0.261 e. The number of hydrogen-bond acceptors (Lipinski definition) is 5. The summed E-state index contributed by atoms with van der Waals surface area (Å²) in [4.78, 5) is 38.2. The minimum Gasteiger partial charge on any atom is -0.336 e. The number of pyridine rings is 1. The van der Waals surface area contributed by atoms with E-state index in [1.807, 2.05) is 40.1 Å². The summed E-state index contributed by atoms with van der Waals surface area (Å²) in [6.45, 7) is 8.89. The van der Waals surface area contributed by atoms with Gasteiger partial charge in [-0.3, -0.25) is 14.5 Å². The molecule has 1 aliphatic carbocycles. The van der Waals surface area contributed by atoms with Crippen LogP contribution in [0.1, 0.15) is 47.4 Å². The fraction of sp³-hybridized carbons (Fsp3) is 0.458. The Balaban J connectivity index is 1.41. The van der Waals surface area contributed by atoms with E-state index in [9.17, 15) is 9.59 Å². The van der Waals surface area contributed by atoms with Crippen molar-refractivity contribution >= 4 is 29.3 Å². The normalized spacial score (nSPS) is 19.3. The van der Waals surface area contributed by atoms with Gasteiger partial charge >= 0.3 is 0 Å². The Morgan fingerprint density at radius 3 is 2.65 bits per heavy atom. The lowest BCUT2D eigenvalue weighted by molar-refractivity contribution is 0.0623. The van der Waals surface area contributed by atoms with E-state index in [1.54, 1.807) is 6.20 Å². The first kappa shape index (κ1) is 20.5. The number of benzene rings is 1. The molecule has 1 saturated carbocycles. The van der Waals surface area contributed by atoms with Gasteiger partial charge in [-0.25, -0.2) is 4.98 Å². The Bertz CT molecular complexity index is 1010. The number of aromatic nitrogens is 1. The van der Waals surface area contributed by atoms with Gasteiger partial charge in [0.05, 0.1) is 11.3 Å². The molecule has 31 heavy (non-hydrogen) atoms. The van der Waals surface area contributed by atoms with Gasteiger partial charge in [0.2, 0.25) is 0 Å². The zero-order chi connectivity index (χ0) is 21.5. The second-order valence-corrected chi connectivity index (χ2v) is 10.1. The molecule has 0 unspecified atom stereocenters. The summed E-state index contributed by atoms with van der Waals surface area (Å²) in [5.41, 5.74) is 2.23. The number of rotatable bonds is 4. The maximum absolute atomic E-state index is 13.2. The lowest BCUT2D eigenvalue weighted by Gasteiger charge is -2.35. The smallest absolute Gasteiger partial charge is 0.261 e. The van der Waals surface area contributed by atoms with Gasteiger partial charge in [-0.15, -0.1) is 0 Å². The van der Waals surface area contributed by atoms with Gasteiger partial charge in [0, 0.05) is 55.4 Å². The molecule has 2 fully saturated rings. The molecule has 2 amide bonds. The minimum absolute atomic E-state index is 0.0113. The summed E-state index contributed by atoms with van der Waals surface area (Å²) in [6, 6.07) is 9.69. The highest BCUT2D eigenvalue weighted by Crippen LogP contribution is 2.44. The molecule has 162 valence electrons. The van der Waals surface area contributed by atoms with Crippen molar-refractivity contribution < 1.29 is 9.59 Å². The fourth-order valence-corrected chi connectivity index (χ4v) is 5.48. The number of amides is 2. The molecule has 0 bridgehead atoms.